The number of nitriles is 1. The van der Waals surface area contributed by atoms with Gasteiger partial charge in [-0.2, -0.15) is 14.0 Å². The zero-order chi connectivity index (χ0) is 15.5. The number of piperidine rings is 1. The van der Waals surface area contributed by atoms with Crippen molar-refractivity contribution in [3.05, 3.63) is 29.8 Å². The van der Waals surface area contributed by atoms with Crippen LogP contribution in [0.2, 0.25) is 0 Å². The summed E-state index contributed by atoms with van der Waals surface area (Å²) in [5.74, 6) is -0.260. The van der Waals surface area contributed by atoms with Gasteiger partial charge < -0.3 is 9.64 Å². The molecule has 0 N–H and O–H groups in total. The third kappa shape index (κ3) is 3.69. The van der Waals surface area contributed by atoms with E-state index in [1.54, 1.807) is 11.0 Å². The summed E-state index contributed by atoms with van der Waals surface area (Å²) < 4.78 is 28.7. The Morgan fingerprint density at radius 3 is 2.67 bits per heavy atom. The minimum Gasteiger partial charge on any atom is -0.435 e. The normalized spacial score (nSPS) is 17.4. The molecule has 0 atom stereocenters. The van der Waals surface area contributed by atoms with E-state index in [1.165, 1.54) is 18.2 Å². The topological polar surface area (TPSA) is 53.3 Å². The lowest BCUT2D eigenvalue weighted by molar-refractivity contribution is -0.0499. The van der Waals surface area contributed by atoms with E-state index in [0.29, 0.717) is 31.5 Å². The van der Waals surface area contributed by atoms with Gasteiger partial charge in [0.25, 0.3) is 5.91 Å². The van der Waals surface area contributed by atoms with E-state index in [1.807, 2.05) is 6.92 Å². The molecule has 1 fully saturated rings. The maximum absolute atomic E-state index is 12.3. The van der Waals surface area contributed by atoms with E-state index in [2.05, 4.69) is 10.8 Å². The maximum Gasteiger partial charge on any atom is 0.387 e. The van der Waals surface area contributed by atoms with E-state index in [0.717, 1.165) is 0 Å². The van der Waals surface area contributed by atoms with Crippen LogP contribution in [0.5, 0.6) is 5.75 Å². The van der Waals surface area contributed by atoms with E-state index in [-0.39, 0.29) is 11.7 Å². The van der Waals surface area contributed by atoms with E-state index >= 15 is 0 Å². The second-order valence-corrected chi connectivity index (χ2v) is 5.37. The fourth-order valence-electron chi connectivity index (χ4n) is 2.30. The number of amides is 1. The Morgan fingerprint density at radius 2 is 2.10 bits per heavy atom. The SMILES string of the molecule is CC1(C#N)CCN(C(=O)c2cccc(OC(F)F)c2)CC1. The molecule has 6 heteroatoms. The first-order valence-corrected chi connectivity index (χ1v) is 6.69. The highest BCUT2D eigenvalue weighted by Crippen LogP contribution is 2.30. The highest BCUT2D eigenvalue weighted by molar-refractivity contribution is 5.94. The Bertz CT molecular complexity index is 561. The molecule has 0 aromatic heterocycles. The van der Waals surface area contributed by atoms with Gasteiger partial charge in [-0.15, -0.1) is 0 Å². The van der Waals surface area contributed by atoms with Gasteiger partial charge >= 0.3 is 6.61 Å². The van der Waals surface area contributed by atoms with Gasteiger partial charge in [0.2, 0.25) is 0 Å². The second-order valence-electron chi connectivity index (χ2n) is 5.37. The molecule has 2 rings (SSSR count). The molecular formula is C15H16F2N2O2. The van der Waals surface area contributed by atoms with Gasteiger partial charge in [-0.05, 0) is 38.0 Å². The van der Waals surface area contributed by atoms with Gasteiger partial charge in [0, 0.05) is 18.7 Å². The van der Waals surface area contributed by atoms with Crippen LogP contribution in [-0.2, 0) is 0 Å². The standard InChI is InChI=1S/C15H16F2N2O2/c1-15(10-18)5-7-19(8-6-15)13(20)11-3-2-4-12(9-11)21-14(16)17/h2-4,9,14H,5-8H2,1H3. The number of rotatable bonds is 3. The van der Waals surface area contributed by atoms with Crippen molar-refractivity contribution >= 4 is 5.91 Å². The summed E-state index contributed by atoms with van der Waals surface area (Å²) in [5, 5.41) is 9.07. The van der Waals surface area contributed by atoms with Crippen LogP contribution in [0.15, 0.2) is 24.3 Å². The first-order valence-electron chi connectivity index (χ1n) is 6.69. The summed E-state index contributed by atoms with van der Waals surface area (Å²) in [5.41, 5.74) is -0.0778. The summed E-state index contributed by atoms with van der Waals surface area (Å²) in [7, 11) is 0. The molecule has 1 aliphatic heterocycles. The Labute approximate surface area is 121 Å². The molecule has 0 aliphatic carbocycles. The lowest BCUT2D eigenvalue weighted by Crippen LogP contribution is -2.41. The summed E-state index contributed by atoms with van der Waals surface area (Å²) in [4.78, 5) is 14.0. The number of halogens is 2. The predicted octanol–water partition coefficient (Wildman–Crippen LogP) is 3.05. The van der Waals surface area contributed by atoms with Crippen molar-refractivity contribution in [3.8, 4) is 11.8 Å². The number of ether oxygens (including phenoxy) is 1. The van der Waals surface area contributed by atoms with Crippen molar-refractivity contribution in [2.24, 2.45) is 5.41 Å². The zero-order valence-electron chi connectivity index (χ0n) is 11.7. The van der Waals surface area contributed by atoms with E-state index in [9.17, 15) is 13.6 Å². The summed E-state index contributed by atoms with van der Waals surface area (Å²) in [6.07, 6.45) is 1.23. The third-order valence-corrected chi connectivity index (χ3v) is 3.73. The number of likely N-dealkylation sites (tertiary alicyclic amines) is 1. The van der Waals surface area contributed by atoms with Crippen molar-refractivity contribution in [3.63, 3.8) is 0 Å². The Kier molecular flexibility index (Phi) is 4.41. The van der Waals surface area contributed by atoms with Crippen LogP contribution < -0.4 is 4.74 Å². The van der Waals surface area contributed by atoms with Gasteiger partial charge in [-0.25, -0.2) is 0 Å². The van der Waals surface area contributed by atoms with Gasteiger partial charge in [-0.1, -0.05) is 6.07 Å². The molecule has 1 amide bonds. The van der Waals surface area contributed by atoms with Crippen LogP contribution in [0.25, 0.3) is 0 Å². The number of carbonyl (C=O) groups excluding carboxylic acids is 1. The molecule has 0 spiro atoms. The number of hydrogen-bond donors (Lipinski definition) is 0. The minimum atomic E-state index is -2.92. The lowest BCUT2D eigenvalue weighted by Gasteiger charge is -2.35. The highest BCUT2D eigenvalue weighted by Gasteiger charge is 2.32. The largest absolute Gasteiger partial charge is 0.435 e. The number of benzene rings is 1. The molecule has 1 aromatic carbocycles. The molecule has 1 aliphatic rings. The Morgan fingerprint density at radius 1 is 1.43 bits per heavy atom. The van der Waals surface area contributed by atoms with Gasteiger partial charge in [0.15, 0.2) is 0 Å². The van der Waals surface area contributed by atoms with Crippen molar-refractivity contribution in [1.82, 2.24) is 4.90 Å². The molecule has 112 valence electrons. The molecule has 0 saturated carbocycles. The van der Waals surface area contributed by atoms with E-state index in [4.69, 9.17) is 5.26 Å². The van der Waals surface area contributed by atoms with Crippen molar-refractivity contribution < 1.29 is 18.3 Å². The fourth-order valence-corrected chi connectivity index (χ4v) is 2.30. The maximum atomic E-state index is 12.3. The Hall–Kier alpha value is -2.16. The van der Waals surface area contributed by atoms with Crippen LogP contribution in [0, 0.1) is 16.7 Å². The highest BCUT2D eigenvalue weighted by atomic mass is 19.3. The van der Waals surface area contributed by atoms with Gasteiger partial charge in [0.1, 0.15) is 5.75 Å². The van der Waals surface area contributed by atoms with Crippen molar-refractivity contribution in [2.75, 3.05) is 13.1 Å². The summed E-state index contributed by atoms with van der Waals surface area (Å²) in [6.45, 7) is -0.0564. The molecule has 1 saturated heterocycles. The molecule has 0 bridgehead atoms. The lowest BCUT2D eigenvalue weighted by atomic mass is 9.82. The fraction of sp³-hybridized carbons (Fsp3) is 0.467. The van der Waals surface area contributed by atoms with Crippen molar-refractivity contribution in [1.29, 1.82) is 5.26 Å². The minimum absolute atomic E-state index is 0.0327. The monoisotopic (exact) mass is 294 g/mol. The molecule has 21 heavy (non-hydrogen) atoms. The molecular weight excluding hydrogens is 278 g/mol. The average molecular weight is 294 g/mol. The van der Waals surface area contributed by atoms with Crippen LogP contribution in [0.4, 0.5) is 8.78 Å². The van der Waals surface area contributed by atoms with Crippen LogP contribution in [0.3, 0.4) is 0 Å². The first kappa shape index (κ1) is 15.2. The predicted molar refractivity (Wildman–Crippen MR) is 71.9 cm³/mol. The van der Waals surface area contributed by atoms with Crippen LogP contribution >= 0.6 is 0 Å². The molecule has 1 aromatic rings. The molecule has 1 heterocycles. The smallest absolute Gasteiger partial charge is 0.387 e. The zero-order valence-corrected chi connectivity index (χ0v) is 11.7. The Balaban J connectivity index is 2.06. The average Bonchev–Trinajstić information content (AvgIpc) is 2.47. The van der Waals surface area contributed by atoms with Gasteiger partial charge in [0.05, 0.1) is 11.5 Å². The number of carbonyl (C=O) groups is 1. The van der Waals surface area contributed by atoms with Crippen LogP contribution in [0.1, 0.15) is 30.1 Å². The molecule has 4 nitrogen and oxygen atoms in total. The van der Waals surface area contributed by atoms with Crippen molar-refractivity contribution in [2.45, 2.75) is 26.4 Å². The first-order chi connectivity index (χ1) is 9.93. The molecule has 0 radical (unpaired) electrons. The summed E-state index contributed by atoms with van der Waals surface area (Å²) in [6, 6.07) is 8.04. The quantitative estimate of drug-likeness (QED) is 0.861. The second kappa shape index (κ2) is 6.08. The number of alkyl halides is 2. The van der Waals surface area contributed by atoms with Gasteiger partial charge in [-0.3, -0.25) is 4.79 Å². The van der Waals surface area contributed by atoms with Crippen LogP contribution in [-0.4, -0.2) is 30.5 Å². The summed E-state index contributed by atoms with van der Waals surface area (Å²) >= 11 is 0. The van der Waals surface area contributed by atoms with E-state index < -0.39 is 12.0 Å². The number of nitrogens with zero attached hydrogens (tertiary/aromatic N) is 2. The number of hydrogen-bond acceptors (Lipinski definition) is 3. The third-order valence-electron chi connectivity index (χ3n) is 3.73. The molecule has 0 unspecified atom stereocenters.